The van der Waals surface area contributed by atoms with Gasteiger partial charge in [0.1, 0.15) is 11.9 Å². The Morgan fingerprint density at radius 1 is 1.10 bits per heavy atom. The lowest BCUT2D eigenvalue weighted by Crippen LogP contribution is -2.45. The van der Waals surface area contributed by atoms with Gasteiger partial charge in [0.15, 0.2) is 0 Å². The van der Waals surface area contributed by atoms with Gasteiger partial charge in [0.2, 0.25) is 0 Å². The molecule has 0 bridgehead atoms. The van der Waals surface area contributed by atoms with Gasteiger partial charge < -0.3 is 14.6 Å². The van der Waals surface area contributed by atoms with E-state index in [2.05, 4.69) is 6.92 Å². The summed E-state index contributed by atoms with van der Waals surface area (Å²) in [6.45, 7) is 5.13. The first-order chi connectivity index (χ1) is 14.7. The lowest BCUT2D eigenvalue weighted by Gasteiger charge is -2.50. The predicted octanol–water partition coefficient (Wildman–Crippen LogP) is 4.50. The van der Waals surface area contributed by atoms with E-state index >= 15 is 0 Å². The van der Waals surface area contributed by atoms with Crippen LogP contribution in [0.15, 0.2) is 18.2 Å². The van der Waals surface area contributed by atoms with Crippen LogP contribution < -0.4 is 4.74 Å². The van der Waals surface area contributed by atoms with E-state index in [1.54, 1.807) is 0 Å². The quantitative estimate of drug-likeness (QED) is 0.433. The van der Waals surface area contributed by atoms with E-state index in [0.29, 0.717) is 29.1 Å². The second-order valence-electron chi connectivity index (χ2n) is 9.49. The Hall–Kier alpha value is -2.63. The summed E-state index contributed by atoms with van der Waals surface area (Å²) in [6.07, 6.45) is 8.55. The average Bonchev–Trinajstić information content (AvgIpc) is 3.01. The van der Waals surface area contributed by atoms with Crippen LogP contribution in [-0.2, 0) is 25.5 Å². The average molecular weight is 427 g/mol. The molecule has 31 heavy (non-hydrogen) atoms. The number of ether oxygens (including phenoxy) is 2. The molecule has 2 saturated carbocycles. The third kappa shape index (κ3) is 4.00. The van der Waals surface area contributed by atoms with Crippen molar-refractivity contribution in [2.24, 2.45) is 17.3 Å². The Labute approximate surface area is 182 Å². The first-order valence-corrected chi connectivity index (χ1v) is 11.1. The fourth-order valence-electron chi connectivity index (χ4n) is 6.50. The van der Waals surface area contributed by atoms with Crippen molar-refractivity contribution < 1.29 is 29.0 Å². The number of aliphatic carboxylic acids is 1. The van der Waals surface area contributed by atoms with E-state index in [-0.39, 0.29) is 17.5 Å². The molecule has 1 aromatic carbocycles. The highest BCUT2D eigenvalue weighted by molar-refractivity contribution is 5.86. The van der Waals surface area contributed by atoms with Crippen LogP contribution in [0.25, 0.3) is 6.08 Å². The number of esters is 2. The lowest BCUT2D eigenvalue weighted by atomic mass is 9.55. The summed E-state index contributed by atoms with van der Waals surface area (Å²) < 4.78 is 11.1. The number of carbonyl (C=O) groups excluding carboxylic acids is 2. The fourth-order valence-corrected chi connectivity index (χ4v) is 6.50. The second kappa shape index (κ2) is 8.13. The number of fused-ring (bicyclic) bond motifs is 5. The number of rotatable bonds is 4. The maximum atomic E-state index is 11.6. The van der Waals surface area contributed by atoms with E-state index in [1.165, 1.54) is 31.1 Å². The smallest absolute Gasteiger partial charge is 0.328 e. The third-order valence-corrected chi connectivity index (χ3v) is 7.74. The molecule has 0 radical (unpaired) electrons. The van der Waals surface area contributed by atoms with Crippen LogP contribution in [0.4, 0.5) is 0 Å². The molecule has 0 aliphatic heterocycles. The highest BCUT2D eigenvalue weighted by Gasteiger charge is 2.56. The minimum absolute atomic E-state index is 0.00208. The van der Waals surface area contributed by atoms with E-state index in [4.69, 9.17) is 14.6 Å². The Kier molecular flexibility index (Phi) is 5.67. The number of hydrogen-bond acceptors (Lipinski definition) is 5. The SMILES string of the molecule is CC(=O)Oc1cc2c(cc1/C=C/C(=O)O)[C@H]1CC[C@]3(C)[C@@H](OC(C)=O)CC[C@H]3[C@@H]1CC2. The summed E-state index contributed by atoms with van der Waals surface area (Å²) >= 11 is 0. The van der Waals surface area contributed by atoms with Gasteiger partial charge in [-0.25, -0.2) is 4.79 Å². The largest absolute Gasteiger partial charge is 0.478 e. The molecule has 0 amide bonds. The zero-order valence-electron chi connectivity index (χ0n) is 18.3. The Bertz CT molecular complexity index is 948. The van der Waals surface area contributed by atoms with Crippen molar-refractivity contribution in [3.05, 3.63) is 34.9 Å². The van der Waals surface area contributed by atoms with Crippen LogP contribution in [0.5, 0.6) is 5.75 Å². The van der Waals surface area contributed by atoms with Crippen molar-refractivity contribution >= 4 is 24.0 Å². The van der Waals surface area contributed by atoms with Crippen molar-refractivity contribution in [1.29, 1.82) is 0 Å². The van der Waals surface area contributed by atoms with Crippen LogP contribution in [0.3, 0.4) is 0 Å². The van der Waals surface area contributed by atoms with Gasteiger partial charge in [0.25, 0.3) is 0 Å². The van der Waals surface area contributed by atoms with Crippen LogP contribution in [0.2, 0.25) is 0 Å². The van der Waals surface area contributed by atoms with Gasteiger partial charge >= 0.3 is 17.9 Å². The van der Waals surface area contributed by atoms with E-state index in [0.717, 1.165) is 44.6 Å². The van der Waals surface area contributed by atoms with Crippen molar-refractivity contribution in [1.82, 2.24) is 0 Å². The number of carboxylic acid groups (broad SMARTS) is 1. The molecule has 0 aromatic heterocycles. The van der Waals surface area contributed by atoms with Crippen LogP contribution in [-0.4, -0.2) is 29.1 Å². The molecule has 3 aliphatic carbocycles. The maximum Gasteiger partial charge on any atom is 0.328 e. The van der Waals surface area contributed by atoms with Crippen LogP contribution >= 0.6 is 0 Å². The third-order valence-electron chi connectivity index (χ3n) is 7.74. The van der Waals surface area contributed by atoms with Crippen molar-refractivity contribution in [3.8, 4) is 5.75 Å². The van der Waals surface area contributed by atoms with E-state index in [9.17, 15) is 14.4 Å². The number of hydrogen-bond donors (Lipinski definition) is 1. The van der Waals surface area contributed by atoms with Crippen LogP contribution in [0, 0.1) is 17.3 Å². The predicted molar refractivity (Wildman–Crippen MR) is 115 cm³/mol. The van der Waals surface area contributed by atoms with Crippen molar-refractivity contribution in [2.45, 2.75) is 71.3 Å². The first-order valence-electron chi connectivity index (χ1n) is 11.1. The highest BCUT2D eigenvalue weighted by Crippen LogP contribution is 2.61. The summed E-state index contributed by atoms with van der Waals surface area (Å²) in [4.78, 5) is 34.2. The molecule has 6 heteroatoms. The molecule has 5 atom stereocenters. The summed E-state index contributed by atoms with van der Waals surface area (Å²) in [5.41, 5.74) is 3.07. The van der Waals surface area contributed by atoms with Crippen molar-refractivity contribution in [3.63, 3.8) is 0 Å². The fraction of sp³-hybridized carbons (Fsp3) is 0.560. The van der Waals surface area contributed by atoms with Gasteiger partial charge in [-0.3, -0.25) is 9.59 Å². The topological polar surface area (TPSA) is 89.9 Å². The number of carbonyl (C=O) groups is 3. The Balaban J connectivity index is 1.67. The van der Waals surface area contributed by atoms with Crippen molar-refractivity contribution in [2.75, 3.05) is 0 Å². The molecule has 3 aliphatic rings. The molecule has 4 rings (SSSR count). The zero-order chi connectivity index (χ0) is 22.3. The van der Waals surface area contributed by atoms with E-state index < -0.39 is 11.9 Å². The Morgan fingerprint density at radius 2 is 1.87 bits per heavy atom. The molecule has 0 unspecified atom stereocenters. The number of benzene rings is 1. The summed E-state index contributed by atoms with van der Waals surface area (Å²) in [5, 5.41) is 9.06. The highest BCUT2D eigenvalue weighted by atomic mass is 16.5. The second-order valence-corrected chi connectivity index (χ2v) is 9.49. The van der Waals surface area contributed by atoms with Gasteiger partial charge in [-0.2, -0.15) is 0 Å². The molecule has 0 saturated heterocycles. The number of aryl methyl sites for hydroxylation is 1. The molecular formula is C25H30O6. The molecule has 0 spiro atoms. The molecule has 6 nitrogen and oxygen atoms in total. The maximum absolute atomic E-state index is 11.6. The number of carboxylic acids is 1. The summed E-state index contributed by atoms with van der Waals surface area (Å²) in [6, 6.07) is 3.93. The van der Waals surface area contributed by atoms with Gasteiger partial charge in [0, 0.05) is 30.9 Å². The standard InChI is InChI=1S/C25H30O6/c1-14(26)30-22-13-16-4-6-19-18(20(16)12-17(22)5-9-24(28)29)10-11-25(3)21(19)7-8-23(25)31-15(2)27/h5,9,12-13,18-19,21,23H,4,6-8,10-11H2,1-3H3,(H,28,29)/b9-5+/t18-,19+,21-,23-,25-/m0/s1. The summed E-state index contributed by atoms with van der Waals surface area (Å²) in [5.74, 6) is 0.170. The first kappa shape index (κ1) is 21.6. The Morgan fingerprint density at radius 3 is 2.55 bits per heavy atom. The van der Waals surface area contributed by atoms with Gasteiger partial charge in [-0.15, -0.1) is 0 Å². The van der Waals surface area contributed by atoms with Gasteiger partial charge in [-0.05, 0) is 85.6 Å². The lowest BCUT2D eigenvalue weighted by molar-refractivity contribution is -0.154. The molecule has 0 heterocycles. The van der Waals surface area contributed by atoms with Gasteiger partial charge in [-0.1, -0.05) is 6.92 Å². The minimum atomic E-state index is -1.04. The molecular weight excluding hydrogens is 396 g/mol. The zero-order valence-corrected chi connectivity index (χ0v) is 18.3. The monoisotopic (exact) mass is 426 g/mol. The normalized spacial score (nSPS) is 31.5. The molecule has 166 valence electrons. The molecule has 1 N–H and O–H groups in total. The van der Waals surface area contributed by atoms with Crippen LogP contribution in [0.1, 0.15) is 75.5 Å². The van der Waals surface area contributed by atoms with E-state index in [1.807, 2.05) is 12.1 Å². The van der Waals surface area contributed by atoms with Gasteiger partial charge in [0.05, 0.1) is 0 Å². The molecule has 2 fully saturated rings. The molecule has 1 aromatic rings. The summed E-state index contributed by atoms with van der Waals surface area (Å²) in [7, 11) is 0. The minimum Gasteiger partial charge on any atom is -0.478 e.